The van der Waals surface area contributed by atoms with Crippen LogP contribution in [0.4, 0.5) is 14.5 Å². The predicted molar refractivity (Wildman–Crippen MR) is 127 cm³/mol. The Kier molecular flexibility index (Phi) is 6.58. The van der Waals surface area contributed by atoms with E-state index in [4.69, 9.17) is 11.8 Å². The smallest absolute Gasteiger partial charge is 0.187 e. The van der Waals surface area contributed by atoms with Gasteiger partial charge in [0.05, 0.1) is 18.2 Å². The van der Waals surface area contributed by atoms with E-state index >= 15 is 0 Å². The normalized spacial score (nSPS) is 10.4. The zero-order valence-electron chi connectivity index (χ0n) is 17.9. The van der Waals surface area contributed by atoms with Crippen LogP contribution in [0.3, 0.4) is 0 Å². The molecule has 33 heavy (non-hydrogen) atoms. The number of nitriles is 1. The monoisotopic (exact) mass is 434 g/mol. The maximum absolute atomic E-state index is 14.8. The van der Waals surface area contributed by atoms with Crippen LogP contribution in [-0.2, 0) is 12.8 Å². The third kappa shape index (κ3) is 5.14. The standard InChI is InChI=1S/C29H20F2N2/c1-33-25-13-7-20(8-14-25)3-2-4-21-9-15-27(28(30)17-21)24-12-16-26(29(31)18-24)23-10-5-22(19-32)6-11-23/h5-18H,2-4H2. The second-order valence-electron chi connectivity index (χ2n) is 7.83. The first kappa shape index (κ1) is 21.9. The van der Waals surface area contributed by atoms with Crippen molar-refractivity contribution >= 4 is 5.69 Å². The lowest BCUT2D eigenvalue weighted by molar-refractivity contribution is 0.624. The van der Waals surface area contributed by atoms with Gasteiger partial charge in [-0.2, -0.15) is 5.26 Å². The molecule has 0 aliphatic carbocycles. The van der Waals surface area contributed by atoms with Crippen LogP contribution >= 0.6 is 0 Å². The fraction of sp³-hybridized carbons (Fsp3) is 0.103. The molecule has 0 aromatic heterocycles. The molecule has 4 aromatic rings. The molecule has 0 saturated carbocycles. The van der Waals surface area contributed by atoms with Crippen LogP contribution in [0.5, 0.6) is 0 Å². The molecule has 4 heteroatoms. The summed E-state index contributed by atoms with van der Waals surface area (Å²) >= 11 is 0. The molecular weight excluding hydrogens is 414 g/mol. The molecule has 0 heterocycles. The summed E-state index contributed by atoms with van der Waals surface area (Å²) < 4.78 is 29.6. The summed E-state index contributed by atoms with van der Waals surface area (Å²) in [6, 6.07) is 26.0. The Labute approximate surface area is 192 Å². The van der Waals surface area contributed by atoms with Gasteiger partial charge in [-0.15, -0.1) is 0 Å². The van der Waals surface area contributed by atoms with Gasteiger partial charge in [-0.25, -0.2) is 13.6 Å². The van der Waals surface area contributed by atoms with Crippen molar-refractivity contribution in [3.8, 4) is 28.3 Å². The molecule has 0 N–H and O–H groups in total. The topological polar surface area (TPSA) is 28.1 Å². The first-order chi connectivity index (χ1) is 16.1. The average molecular weight is 434 g/mol. The van der Waals surface area contributed by atoms with Crippen molar-refractivity contribution in [1.29, 1.82) is 5.26 Å². The first-order valence-corrected chi connectivity index (χ1v) is 10.6. The van der Waals surface area contributed by atoms with Gasteiger partial charge in [0.1, 0.15) is 11.6 Å². The summed E-state index contributed by atoms with van der Waals surface area (Å²) in [4.78, 5) is 3.39. The van der Waals surface area contributed by atoms with Crippen molar-refractivity contribution in [3.63, 3.8) is 0 Å². The first-order valence-electron chi connectivity index (χ1n) is 10.6. The van der Waals surface area contributed by atoms with Gasteiger partial charge in [-0.3, -0.25) is 0 Å². The summed E-state index contributed by atoms with van der Waals surface area (Å²) in [5, 5.41) is 8.91. The molecular formula is C29H20F2N2. The van der Waals surface area contributed by atoms with Gasteiger partial charge in [0.15, 0.2) is 5.69 Å². The van der Waals surface area contributed by atoms with E-state index in [0.29, 0.717) is 33.5 Å². The lowest BCUT2D eigenvalue weighted by atomic mass is 9.97. The van der Waals surface area contributed by atoms with Crippen molar-refractivity contribution < 1.29 is 8.78 Å². The average Bonchev–Trinajstić information content (AvgIpc) is 2.85. The number of hydrogen-bond acceptors (Lipinski definition) is 1. The van der Waals surface area contributed by atoms with E-state index in [0.717, 1.165) is 30.4 Å². The molecule has 2 nitrogen and oxygen atoms in total. The maximum Gasteiger partial charge on any atom is 0.187 e. The van der Waals surface area contributed by atoms with Crippen molar-refractivity contribution in [1.82, 2.24) is 0 Å². The van der Waals surface area contributed by atoms with Crippen molar-refractivity contribution in [2.45, 2.75) is 19.3 Å². The number of rotatable bonds is 6. The molecule has 0 amide bonds. The van der Waals surface area contributed by atoms with Gasteiger partial charge in [0.2, 0.25) is 0 Å². The number of halogens is 2. The van der Waals surface area contributed by atoms with E-state index in [-0.39, 0.29) is 5.82 Å². The highest BCUT2D eigenvalue weighted by Gasteiger charge is 2.11. The highest BCUT2D eigenvalue weighted by molar-refractivity contribution is 5.71. The van der Waals surface area contributed by atoms with E-state index < -0.39 is 5.82 Å². The van der Waals surface area contributed by atoms with Crippen LogP contribution in [0.25, 0.3) is 27.1 Å². The Morgan fingerprint density at radius 3 is 1.91 bits per heavy atom. The van der Waals surface area contributed by atoms with E-state index in [1.807, 2.05) is 36.4 Å². The molecule has 0 unspecified atom stereocenters. The number of hydrogen-bond donors (Lipinski definition) is 0. The van der Waals surface area contributed by atoms with E-state index in [2.05, 4.69) is 4.85 Å². The molecule has 0 atom stereocenters. The zero-order valence-corrected chi connectivity index (χ0v) is 17.9. The van der Waals surface area contributed by atoms with Gasteiger partial charge in [-0.05, 0) is 60.2 Å². The third-order valence-corrected chi connectivity index (χ3v) is 5.63. The molecule has 0 saturated heterocycles. The quantitative estimate of drug-likeness (QED) is 0.284. The minimum Gasteiger partial charge on any atom is -0.238 e. The molecule has 0 radical (unpaired) electrons. The van der Waals surface area contributed by atoms with Crippen LogP contribution in [-0.4, -0.2) is 0 Å². The van der Waals surface area contributed by atoms with Gasteiger partial charge in [0.25, 0.3) is 0 Å². The van der Waals surface area contributed by atoms with Crippen LogP contribution < -0.4 is 0 Å². The Balaban J connectivity index is 1.45. The van der Waals surface area contributed by atoms with Crippen LogP contribution in [0.2, 0.25) is 0 Å². The fourth-order valence-electron chi connectivity index (χ4n) is 3.82. The van der Waals surface area contributed by atoms with Crippen molar-refractivity contribution in [2.75, 3.05) is 0 Å². The molecule has 160 valence electrons. The number of aryl methyl sites for hydroxylation is 2. The molecule has 0 spiro atoms. The molecule has 0 aliphatic rings. The minimum absolute atomic E-state index is 0.360. The minimum atomic E-state index is -0.440. The summed E-state index contributed by atoms with van der Waals surface area (Å²) in [6.45, 7) is 7.00. The maximum atomic E-state index is 14.8. The zero-order chi connectivity index (χ0) is 23.2. The highest BCUT2D eigenvalue weighted by atomic mass is 19.1. The SMILES string of the molecule is [C-]#[N+]c1ccc(CCCc2ccc(-c3ccc(-c4ccc(C#N)cc4)c(F)c3)c(F)c2)cc1. The fourth-order valence-corrected chi connectivity index (χ4v) is 3.82. The molecule has 0 bridgehead atoms. The Hall–Kier alpha value is -4.28. The Bertz CT molecular complexity index is 1360. The van der Waals surface area contributed by atoms with E-state index in [9.17, 15) is 8.78 Å². The van der Waals surface area contributed by atoms with Gasteiger partial charge in [-0.1, -0.05) is 66.2 Å². The molecule has 0 aliphatic heterocycles. The predicted octanol–water partition coefficient (Wildman–Crippen LogP) is 7.90. The summed E-state index contributed by atoms with van der Waals surface area (Å²) in [6.07, 6.45) is 2.45. The second-order valence-corrected chi connectivity index (χ2v) is 7.83. The molecule has 4 rings (SSSR count). The van der Waals surface area contributed by atoms with Crippen LogP contribution in [0.15, 0.2) is 84.9 Å². The second kappa shape index (κ2) is 9.90. The number of nitrogens with zero attached hydrogens (tertiary/aromatic N) is 2. The van der Waals surface area contributed by atoms with Crippen LogP contribution in [0.1, 0.15) is 23.1 Å². The van der Waals surface area contributed by atoms with Crippen molar-refractivity contribution in [3.05, 3.63) is 125 Å². The molecule has 4 aromatic carbocycles. The summed E-state index contributed by atoms with van der Waals surface area (Å²) in [7, 11) is 0. The van der Waals surface area contributed by atoms with Gasteiger partial charge >= 0.3 is 0 Å². The Morgan fingerprint density at radius 1 is 0.697 bits per heavy atom. The van der Waals surface area contributed by atoms with E-state index in [1.165, 1.54) is 12.1 Å². The van der Waals surface area contributed by atoms with Crippen molar-refractivity contribution in [2.24, 2.45) is 0 Å². The number of benzene rings is 4. The highest BCUT2D eigenvalue weighted by Crippen LogP contribution is 2.30. The lowest BCUT2D eigenvalue weighted by Gasteiger charge is -2.10. The summed E-state index contributed by atoms with van der Waals surface area (Å²) in [5.41, 5.74) is 5.09. The van der Waals surface area contributed by atoms with Gasteiger partial charge in [0, 0.05) is 11.1 Å². The van der Waals surface area contributed by atoms with Crippen LogP contribution in [0, 0.1) is 29.5 Å². The third-order valence-electron chi connectivity index (χ3n) is 5.63. The van der Waals surface area contributed by atoms with Gasteiger partial charge < -0.3 is 0 Å². The molecule has 0 fully saturated rings. The summed E-state index contributed by atoms with van der Waals surface area (Å²) in [5.74, 6) is -0.815. The Morgan fingerprint density at radius 2 is 1.27 bits per heavy atom. The largest absolute Gasteiger partial charge is 0.238 e. The van der Waals surface area contributed by atoms with E-state index in [1.54, 1.807) is 42.5 Å². The lowest BCUT2D eigenvalue weighted by Crippen LogP contribution is -1.93.